The maximum atomic E-state index is 12.4. The van der Waals surface area contributed by atoms with Gasteiger partial charge in [-0.15, -0.1) is 0 Å². The Balaban J connectivity index is 1.93. The van der Waals surface area contributed by atoms with Crippen molar-refractivity contribution in [1.82, 2.24) is 4.98 Å². The van der Waals surface area contributed by atoms with Gasteiger partial charge in [-0.3, -0.25) is 4.79 Å². The van der Waals surface area contributed by atoms with Crippen LogP contribution in [0.3, 0.4) is 0 Å². The molecule has 1 N–H and O–H groups in total. The van der Waals surface area contributed by atoms with Crippen molar-refractivity contribution in [1.29, 1.82) is 5.26 Å². The van der Waals surface area contributed by atoms with Gasteiger partial charge in [0.1, 0.15) is 15.7 Å². The lowest BCUT2D eigenvalue weighted by molar-refractivity contribution is 0.102. The van der Waals surface area contributed by atoms with E-state index < -0.39 is 0 Å². The summed E-state index contributed by atoms with van der Waals surface area (Å²) < 4.78 is 0. The molecule has 0 radical (unpaired) electrons. The van der Waals surface area contributed by atoms with Gasteiger partial charge in [-0.25, -0.2) is 4.98 Å². The first-order valence-electron chi connectivity index (χ1n) is 7.16. The average molecular weight is 354 g/mol. The molecule has 0 bridgehead atoms. The normalized spacial score (nSPS) is 10.2. The van der Waals surface area contributed by atoms with Crippen molar-refractivity contribution in [3.05, 3.63) is 70.2 Å². The van der Waals surface area contributed by atoms with Crippen LogP contribution in [0.5, 0.6) is 0 Å². The highest BCUT2D eigenvalue weighted by Gasteiger charge is 2.16. The van der Waals surface area contributed by atoms with Crippen molar-refractivity contribution < 1.29 is 4.79 Å². The third kappa shape index (κ3) is 3.62. The van der Waals surface area contributed by atoms with E-state index >= 15 is 0 Å². The maximum absolute atomic E-state index is 12.4. The number of carbonyl (C=O) groups is 1. The summed E-state index contributed by atoms with van der Waals surface area (Å²) in [6.45, 7) is 0. The second kappa shape index (κ2) is 7.26. The second-order valence-corrected chi connectivity index (χ2v) is 6.47. The van der Waals surface area contributed by atoms with Gasteiger partial charge in [-0.2, -0.15) is 5.26 Å². The number of nitriles is 1. The molecule has 0 aliphatic heterocycles. The molecular formula is C18H12ClN3OS. The van der Waals surface area contributed by atoms with Crippen molar-refractivity contribution in [3.8, 4) is 17.3 Å². The van der Waals surface area contributed by atoms with Gasteiger partial charge in [0.25, 0.3) is 5.91 Å². The van der Waals surface area contributed by atoms with Gasteiger partial charge in [-0.05, 0) is 24.3 Å². The summed E-state index contributed by atoms with van der Waals surface area (Å²) in [5, 5.41) is 13.7. The molecule has 0 saturated heterocycles. The van der Waals surface area contributed by atoms with E-state index in [9.17, 15) is 4.79 Å². The molecule has 4 nitrogen and oxygen atoms in total. The number of benzene rings is 2. The monoisotopic (exact) mass is 353 g/mol. The van der Waals surface area contributed by atoms with Crippen LogP contribution in [0.25, 0.3) is 11.3 Å². The van der Waals surface area contributed by atoms with Gasteiger partial charge in [0.2, 0.25) is 0 Å². The maximum Gasteiger partial charge on any atom is 0.256 e. The highest BCUT2D eigenvalue weighted by molar-refractivity contribution is 7.16. The van der Waals surface area contributed by atoms with Gasteiger partial charge in [0.05, 0.1) is 12.5 Å². The Morgan fingerprint density at radius 2 is 1.88 bits per heavy atom. The minimum absolute atomic E-state index is 0.210. The quantitative estimate of drug-likeness (QED) is 0.733. The molecule has 118 valence electrons. The van der Waals surface area contributed by atoms with E-state index in [1.807, 2.05) is 30.3 Å². The number of nitrogens with one attached hydrogen (secondary N) is 1. The zero-order valence-corrected chi connectivity index (χ0v) is 14.1. The topological polar surface area (TPSA) is 65.8 Å². The molecule has 0 spiro atoms. The van der Waals surface area contributed by atoms with Gasteiger partial charge >= 0.3 is 0 Å². The minimum Gasteiger partial charge on any atom is -0.312 e. The Kier molecular flexibility index (Phi) is 4.90. The molecule has 0 aliphatic carbocycles. The molecule has 0 atom stereocenters. The third-order valence-electron chi connectivity index (χ3n) is 3.28. The Morgan fingerprint density at radius 3 is 2.54 bits per heavy atom. The molecule has 0 saturated carbocycles. The molecule has 2 aromatic carbocycles. The summed E-state index contributed by atoms with van der Waals surface area (Å²) in [4.78, 5) is 16.9. The van der Waals surface area contributed by atoms with Crippen molar-refractivity contribution in [2.75, 3.05) is 5.32 Å². The van der Waals surface area contributed by atoms with Crippen LogP contribution in [0.15, 0.2) is 54.6 Å². The van der Waals surface area contributed by atoms with Crippen LogP contribution in [0.4, 0.5) is 5.00 Å². The predicted octanol–water partition coefficient (Wildman–Crippen LogP) is 4.78. The molecule has 3 rings (SSSR count). The summed E-state index contributed by atoms with van der Waals surface area (Å²) in [7, 11) is 0. The van der Waals surface area contributed by atoms with Crippen LogP contribution >= 0.6 is 22.9 Å². The minimum atomic E-state index is -0.240. The molecule has 1 aromatic heterocycles. The van der Waals surface area contributed by atoms with E-state index in [-0.39, 0.29) is 12.3 Å². The van der Waals surface area contributed by atoms with E-state index in [1.54, 1.807) is 24.3 Å². The summed E-state index contributed by atoms with van der Waals surface area (Å²) in [5.74, 6) is -0.240. The Labute approximate surface area is 148 Å². The predicted molar refractivity (Wildman–Crippen MR) is 96.3 cm³/mol. The van der Waals surface area contributed by atoms with E-state index in [0.717, 1.165) is 5.56 Å². The molecule has 0 aliphatic rings. The number of thiazole rings is 1. The largest absolute Gasteiger partial charge is 0.312 e. The third-order valence-corrected chi connectivity index (χ3v) is 4.51. The Morgan fingerprint density at radius 1 is 1.17 bits per heavy atom. The van der Waals surface area contributed by atoms with Gasteiger partial charge < -0.3 is 5.32 Å². The van der Waals surface area contributed by atoms with Crippen molar-refractivity contribution in [3.63, 3.8) is 0 Å². The Bertz CT molecular complexity index is 898. The first-order valence-corrected chi connectivity index (χ1v) is 8.36. The van der Waals surface area contributed by atoms with Gasteiger partial charge in [0, 0.05) is 16.1 Å². The number of rotatable bonds is 4. The number of carbonyl (C=O) groups excluding carboxylic acids is 1. The fraction of sp³-hybridized carbons (Fsp3) is 0.0556. The number of anilines is 1. The van der Waals surface area contributed by atoms with Crippen LogP contribution in [0.1, 0.15) is 15.4 Å². The van der Waals surface area contributed by atoms with Crippen LogP contribution in [0, 0.1) is 11.3 Å². The number of hydrogen-bond donors (Lipinski definition) is 1. The number of halogens is 1. The van der Waals surface area contributed by atoms with Gasteiger partial charge in [-0.1, -0.05) is 53.3 Å². The second-order valence-electron chi connectivity index (χ2n) is 4.95. The highest BCUT2D eigenvalue weighted by Crippen LogP contribution is 2.33. The average Bonchev–Trinajstić information content (AvgIpc) is 2.99. The van der Waals surface area contributed by atoms with E-state index in [0.29, 0.717) is 26.3 Å². The van der Waals surface area contributed by atoms with Crippen LogP contribution in [0.2, 0.25) is 5.02 Å². The molecule has 24 heavy (non-hydrogen) atoms. The lowest BCUT2D eigenvalue weighted by atomic mass is 10.1. The molecule has 0 fully saturated rings. The lowest BCUT2D eigenvalue weighted by Crippen LogP contribution is -2.11. The smallest absolute Gasteiger partial charge is 0.256 e. The summed E-state index contributed by atoms with van der Waals surface area (Å²) in [6.07, 6.45) is 0.210. The fourth-order valence-electron chi connectivity index (χ4n) is 2.16. The zero-order valence-electron chi connectivity index (χ0n) is 12.5. The SMILES string of the molecule is N#CCc1nc(-c2ccccc2)c(NC(=O)c2ccc(Cl)cc2)s1. The standard InChI is InChI=1S/C18H12ClN3OS/c19-14-8-6-13(7-9-14)17(23)22-18-16(12-4-2-1-3-5-12)21-15(24-18)10-11-20/h1-9H,10H2,(H,22,23). The number of aromatic nitrogens is 1. The summed E-state index contributed by atoms with van der Waals surface area (Å²) in [5.41, 5.74) is 2.08. The van der Waals surface area contributed by atoms with E-state index in [2.05, 4.69) is 16.4 Å². The van der Waals surface area contributed by atoms with Gasteiger partial charge in [0.15, 0.2) is 0 Å². The first kappa shape index (κ1) is 16.2. The molecule has 1 heterocycles. The van der Waals surface area contributed by atoms with Crippen LogP contribution in [-0.2, 0) is 6.42 Å². The van der Waals surface area contributed by atoms with Crippen molar-refractivity contribution in [2.45, 2.75) is 6.42 Å². The molecule has 0 unspecified atom stereocenters. The number of amides is 1. The van der Waals surface area contributed by atoms with Crippen LogP contribution < -0.4 is 5.32 Å². The fourth-order valence-corrected chi connectivity index (χ4v) is 3.20. The zero-order chi connectivity index (χ0) is 16.9. The highest BCUT2D eigenvalue weighted by atomic mass is 35.5. The number of nitrogens with zero attached hydrogens (tertiary/aromatic N) is 2. The Hall–Kier alpha value is -2.68. The van der Waals surface area contributed by atoms with Crippen molar-refractivity contribution in [2.24, 2.45) is 0 Å². The lowest BCUT2D eigenvalue weighted by Gasteiger charge is -2.05. The molecular weight excluding hydrogens is 342 g/mol. The van der Waals surface area contributed by atoms with Crippen LogP contribution in [-0.4, -0.2) is 10.9 Å². The number of hydrogen-bond acceptors (Lipinski definition) is 4. The van der Waals surface area contributed by atoms with Crippen molar-refractivity contribution >= 4 is 33.8 Å². The first-order chi connectivity index (χ1) is 11.7. The summed E-state index contributed by atoms with van der Waals surface area (Å²) in [6, 6.07) is 18.3. The molecule has 1 amide bonds. The molecule has 3 aromatic rings. The summed E-state index contributed by atoms with van der Waals surface area (Å²) >= 11 is 7.16. The molecule has 6 heteroatoms. The van der Waals surface area contributed by atoms with E-state index in [1.165, 1.54) is 11.3 Å². The van der Waals surface area contributed by atoms with E-state index in [4.69, 9.17) is 16.9 Å².